The smallest absolute Gasteiger partial charge is 0.170 e. The van der Waals surface area contributed by atoms with Gasteiger partial charge in [-0.2, -0.15) is 0 Å². The number of benzene rings is 1. The Morgan fingerprint density at radius 2 is 2.00 bits per heavy atom. The van der Waals surface area contributed by atoms with E-state index in [9.17, 15) is 4.79 Å². The fourth-order valence-corrected chi connectivity index (χ4v) is 4.28. The number of carbonyl (C=O) groups is 1. The van der Waals surface area contributed by atoms with Crippen molar-refractivity contribution < 1.29 is 9.53 Å². The van der Waals surface area contributed by atoms with E-state index in [0.717, 1.165) is 36.6 Å². The van der Waals surface area contributed by atoms with E-state index in [0.29, 0.717) is 41.9 Å². The molecule has 0 saturated carbocycles. The molecule has 4 rings (SSSR count). The van der Waals surface area contributed by atoms with Crippen molar-refractivity contribution >= 4 is 28.8 Å². The number of fused-ring (bicyclic) bond motifs is 1. The van der Waals surface area contributed by atoms with Gasteiger partial charge in [-0.3, -0.25) is 14.8 Å². The number of rotatable bonds is 8. The van der Waals surface area contributed by atoms with Crippen LogP contribution in [0.4, 0.5) is 5.69 Å². The second-order valence-corrected chi connectivity index (χ2v) is 8.80. The summed E-state index contributed by atoms with van der Waals surface area (Å²) in [5.41, 5.74) is 3.82. The fourth-order valence-electron chi connectivity index (χ4n) is 4.09. The number of Topliss-reactive ketones (excluding diaryl/α,β-unsaturated/α-hetero) is 1. The Bertz CT molecular complexity index is 954. The first kappa shape index (κ1) is 22.1. The molecule has 3 heterocycles. The molecular weight excluding hydrogens is 412 g/mol. The molecule has 0 unspecified atom stereocenters. The molecule has 0 aliphatic carbocycles. The lowest BCUT2D eigenvalue weighted by Gasteiger charge is -2.29. The summed E-state index contributed by atoms with van der Waals surface area (Å²) in [5, 5.41) is 4.21. The average molecular weight is 441 g/mol. The van der Waals surface area contributed by atoms with E-state index in [1.54, 1.807) is 12.3 Å². The monoisotopic (exact) mass is 440 g/mol. The van der Waals surface area contributed by atoms with E-state index < -0.39 is 0 Å². The van der Waals surface area contributed by atoms with Crippen LogP contribution in [0.2, 0.25) is 5.02 Å². The topological polar surface area (TPSA) is 66.8 Å². The predicted molar refractivity (Wildman–Crippen MR) is 123 cm³/mol. The molecule has 0 bridgehead atoms. The molecule has 0 amide bonds. The van der Waals surface area contributed by atoms with Gasteiger partial charge in [-0.15, -0.1) is 0 Å². The van der Waals surface area contributed by atoms with Crippen molar-refractivity contribution in [2.75, 3.05) is 33.3 Å². The maximum Gasteiger partial charge on any atom is 0.170 e. The van der Waals surface area contributed by atoms with Gasteiger partial charge >= 0.3 is 0 Å². The molecule has 2 aromatic rings. The van der Waals surface area contributed by atoms with Crippen molar-refractivity contribution in [3.8, 4) is 0 Å². The Morgan fingerprint density at radius 1 is 1.19 bits per heavy atom. The average Bonchev–Trinajstić information content (AvgIpc) is 2.77. The SMILES string of the molecule is CN1CCC(CNCc2nccc3c2N=C(COCc2ccccc2Cl)CC3=O)CC1. The maximum absolute atomic E-state index is 12.7. The number of aliphatic imine (C=N–C) groups is 1. The van der Waals surface area contributed by atoms with Gasteiger partial charge in [0.15, 0.2) is 5.78 Å². The maximum atomic E-state index is 12.7. The van der Waals surface area contributed by atoms with Gasteiger partial charge in [-0.25, -0.2) is 0 Å². The van der Waals surface area contributed by atoms with Crippen LogP contribution in [0.1, 0.15) is 40.9 Å². The Kier molecular flexibility index (Phi) is 7.45. The van der Waals surface area contributed by atoms with Crippen LogP contribution in [0.5, 0.6) is 0 Å². The number of ketones is 1. The number of halogens is 1. The molecule has 2 aliphatic heterocycles. The first-order chi connectivity index (χ1) is 15.1. The van der Waals surface area contributed by atoms with Gasteiger partial charge in [-0.05, 0) is 63.1 Å². The number of hydrogen-bond donors (Lipinski definition) is 1. The van der Waals surface area contributed by atoms with Gasteiger partial charge in [0.25, 0.3) is 0 Å². The number of carbonyl (C=O) groups excluding carboxylic acids is 1. The van der Waals surface area contributed by atoms with E-state index in [1.165, 1.54) is 12.8 Å². The molecule has 31 heavy (non-hydrogen) atoms. The summed E-state index contributed by atoms with van der Waals surface area (Å²) in [6.45, 7) is 4.57. The lowest BCUT2D eigenvalue weighted by Crippen LogP contribution is -2.35. The third-order valence-electron chi connectivity index (χ3n) is 5.98. The normalized spacial score (nSPS) is 17.5. The molecule has 0 atom stereocenters. The van der Waals surface area contributed by atoms with E-state index in [1.807, 2.05) is 24.3 Å². The molecule has 2 aliphatic rings. The lowest BCUT2D eigenvalue weighted by atomic mass is 9.97. The fraction of sp³-hybridized carbons (Fsp3) is 0.458. The quantitative estimate of drug-likeness (QED) is 0.671. The van der Waals surface area contributed by atoms with Crippen LogP contribution in [0, 0.1) is 5.92 Å². The standard InChI is InChI=1S/C24H29ClN4O2/c1-29-10-7-17(8-11-29)13-26-14-22-24-20(6-9-27-22)23(30)12-19(28-24)16-31-15-18-4-2-3-5-21(18)25/h2-6,9,17,26H,7-8,10-16H2,1H3. The summed E-state index contributed by atoms with van der Waals surface area (Å²) in [6, 6.07) is 9.36. The first-order valence-electron chi connectivity index (χ1n) is 10.9. The Morgan fingerprint density at radius 3 is 2.81 bits per heavy atom. The summed E-state index contributed by atoms with van der Waals surface area (Å²) in [4.78, 5) is 24.3. The number of nitrogens with zero attached hydrogens (tertiary/aromatic N) is 3. The van der Waals surface area contributed by atoms with Crippen LogP contribution in [-0.2, 0) is 17.9 Å². The van der Waals surface area contributed by atoms with Crippen LogP contribution >= 0.6 is 11.6 Å². The van der Waals surface area contributed by atoms with Crippen molar-refractivity contribution in [1.29, 1.82) is 0 Å². The Labute approximate surface area is 188 Å². The van der Waals surface area contributed by atoms with E-state index >= 15 is 0 Å². The minimum Gasteiger partial charge on any atom is -0.371 e. The highest BCUT2D eigenvalue weighted by atomic mass is 35.5. The highest BCUT2D eigenvalue weighted by molar-refractivity contribution is 6.31. The predicted octanol–water partition coefficient (Wildman–Crippen LogP) is 4.04. The molecule has 0 spiro atoms. The van der Waals surface area contributed by atoms with Crippen molar-refractivity contribution in [3.63, 3.8) is 0 Å². The minimum absolute atomic E-state index is 0.0697. The molecule has 1 fully saturated rings. The summed E-state index contributed by atoms with van der Waals surface area (Å²) in [5.74, 6) is 0.759. The van der Waals surface area contributed by atoms with Crippen LogP contribution in [0.15, 0.2) is 41.5 Å². The number of ether oxygens (including phenoxy) is 1. The molecule has 1 saturated heterocycles. The van der Waals surface area contributed by atoms with Gasteiger partial charge in [0.2, 0.25) is 0 Å². The highest BCUT2D eigenvalue weighted by Crippen LogP contribution is 2.29. The summed E-state index contributed by atoms with van der Waals surface area (Å²) in [6.07, 6.45) is 4.42. The van der Waals surface area contributed by atoms with Gasteiger partial charge in [0, 0.05) is 23.3 Å². The third kappa shape index (κ3) is 5.77. The van der Waals surface area contributed by atoms with E-state index in [2.05, 4.69) is 22.2 Å². The van der Waals surface area contributed by atoms with Crippen molar-refractivity contribution in [2.45, 2.75) is 32.4 Å². The zero-order chi connectivity index (χ0) is 21.6. The number of likely N-dealkylation sites (tertiary alicyclic amines) is 1. The number of aromatic nitrogens is 1. The van der Waals surface area contributed by atoms with Crippen molar-refractivity contribution in [1.82, 2.24) is 15.2 Å². The summed E-state index contributed by atoms with van der Waals surface area (Å²) >= 11 is 6.19. The Balaban J connectivity index is 1.37. The number of nitrogens with one attached hydrogen (secondary N) is 1. The zero-order valence-electron chi connectivity index (χ0n) is 17.9. The van der Waals surface area contributed by atoms with Crippen LogP contribution < -0.4 is 5.32 Å². The number of pyridine rings is 1. The summed E-state index contributed by atoms with van der Waals surface area (Å²) in [7, 11) is 2.18. The van der Waals surface area contributed by atoms with Gasteiger partial charge in [-0.1, -0.05) is 29.8 Å². The van der Waals surface area contributed by atoms with E-state index in [-0.39, 0.29) is 12.2 Å². The molecule has 1 aromatic heterocycles. The molecular formula is C24H29ClN4O2. The minimum atomic E-state index is 0.0697. The Hall–Kier alpha value is -2.12. The van der Waals surface area contributed by atoms with Crippen LogP contribution in [0.25, 0.3) is 0 Å². The van der Waals surface area contributed by atoms with Crippen LogP contribution in [0.3, 0.4) is 0 Å². The lowest BCUT2D eigenvalue weighted by molar-refractivity contribution is 0.0993. The highest BCUT2D eigenvalue weighted by Gasteiger charge is 2.23. The summed E-state index contributed by atoms with van der Waals surface area (Å²) < 4.78 is 5.80. The molecule has 1 aromatic carbocycles. The molecule has 1 N–H and O–H groups in total. The second-order valence-electron chi connectivity index (χ2n) is 8.39. The largest absolute Gasteiger partial charge is 0.371 e. The zero-order valence-corrected chi connectivity index (χ0v) is 18.7. The third-order valence-corrected chi connectivity index (χ3v) is 6.35. The molecule has 6 nitrogen and oxygen atoms in total. The number of hydrogen-bond acceptors (Lipinski definition) is 6. The van der Waals surface area contributed by atoms with E-state index in [4.69, 9.17) is 21.3 Å². The van der Waals surface area contributed by atoms with Gasteiger partial charge < -0.3 is 15.0 Å². The van der Waals surface area contributed by atoms with Gasteiger partial charge in [0.1, 0.15) is 0 Å². The number of piperidine rings is 1. The van der Waals surface area contributed by atoms with Crippen molar-refractivity contribution in [3.05, 3.63) is 58.4 Å². The molecule has 0 radical (unpaired) electrons. The molecule has 164 valence electrons. The van der Waals surface area contributed by atoms with Gasteiger partial charge in [0.05, 0.1) is 36.7 Å². The molecule has 7 heteroatoms. The second kappa shape index (κ2) is 10.5. The van der Waals surface area contributed by atoms with Crippen LogP contribution in [-0.4, -0.2) is 54.7 Å². The van der Waals surface area contributed by atoms with Crippen molar-refractivity contribution in [2.24, 2.45) is 10.9 Å². The first-order valence-corrected chi connectivity index (χ1v) is 11.3.